The fourth-order valence-electron chi connectivity index (χ4n) is 1.59. The summed E-state index contributed by atoms with van der Waals surface area (Å²) in [6.07, 6.45) is 0. The van der Waals surface area contributed by atoms with Crippen LogP contribution in [-0.4, -0.2) is 18.1 Å². The smallest absolute Gasteiger partial charge is 0.320 e. The van der Waals surface area contributed by atoms with Crippen molar-refractivity contribution in [2.24, 2.45) is 0 Å². The number of esters is 1. The Kier molecular flexibility index (Phi) is 4.91. The van der Waals surface area contributed by atoms with E-state index in [2.05, 4.69) is 36.5 Å². The molecule has 0 spiro atoms. The van der Waals surface area contributed by atoms with Crippen LogP contribution in [0.3, 0.4) is 0 Å². The SMILES string of the molecule is Cc1ccc([C@@H](C)NCC(=O)OC(C)(C)C)cc1. The quantitative estimate of drug-likeness (QED) is 0.834. The number of carbonyl (C=O) groups excluding carboxylic acids is 1. The molecular weight excluding hydrogens is 226 g/mol. The first-order chi connectivity index (χ1) is 8.28. The average molecular weight is 249 g/mol. The van der Waals surface area contributed by atoms with Crippen molar-refractivity contribution >= 4 is 5.97 Å². The third-order valence-electron chi connectivity index (χ3n) is 2.55. The highest BCUT2D eigenvalue weighted by atomic mass is 16.6. The summed E-state index contributed by atoms with van der Waals surface area (Å²) in [6, 6.07) is 8.42. The van der Waals surface area contributed by atoms with Crippen LogP contribution < -0.4 is 5.32 Å². The van der Waals surface area contributed by atoms with E-state index in [1.807, 2.05) is 27.7 Å². The predicted octanol–water partition coefficient (Wildman–Crippen LogP) is 2.99. The standard InChI is InChI=1S/C15H23NO2/c1-11-6-8-13(9-7-11)12(2)16-10-14(17)18-15(3,4)5/h6-9,12,16H,10H2,1-5H3/t12-/m1/s1. The van der Waals surface area contributed by atoms with Gasteiger partial charge in [-0.25, -0.2) is 0 Å². The number of nitrogens with one attached hydrogen (secondary N) is 1. The number of hydrogen-bond acceptors (Lipinski definition) is 3. The Balaban J connectivity index is 2.44. The van der Waals surface area contributed by atoms with Gasteiger partial charge < -0.3 is 10.1 Å². The lowest BCUT2D eigenvalue weighted by molar-refractivity contribution is -0.153. The van der Waals surface area contributed by atoms with Gasteiger partial charge in [0.1, 0.15) is 5.60 Å². The molecule has 18 heavy (non-hydrogen) atoms. The van der Waals surface area contributed by atoms with Crippen molar-refractivity contribution < 1.29 is 9.53 Å². The highest BCUT2D eigenvalue weighted by Crippen LogP contribution is 2.13. The van der Waals surface area contributed by atoms with Gasteiger partial charge in [0.25, 0.3) is 0 Å². The maximum atomic E-state index is 11.6. The van der Waals surface area contributed by atoms with E-state index >= 15 is 0 Å². The van der Waals surface area contributed by atoms with Crippen LogP contribution in [0.5, 0.6) is 0 Å². The lowest BCUT2D eigenvalue weighted by Crippen LogP contribution is -2.32. The molecule has 3 heteroatoms. The maximum absolute atomic E-state index is 11.6. The van der Waals surface area contributed by atoms with Gasteiger partial charge in [-0.3, -0.25) is 4.79 Å². The minimum atomic E-state index is -0.425. The van der Waals surface area contributed by atoms with Crippen molar-refractivity contribution in [1.82, 2.24) is 5.32 Å². The van der Waals surface area contributed by atoms with Crippen LogP contribution >= 0.6 is 0 Å². The first kappa shape index (κ1) is 14.7. The molecule has 3 nitrogen and oxygen atoms in total. The monoisotopic (exact) mass is 249 g/mol. The Bertz CT molecular complexity index is 390. The Morgan fingerprint density at radius 3 is 2.33 bits per heavy atom. The lowest BCUT2D eigenvalue weighted by atomic mass is 10.1. The first-order valence-electron chi connectivity index (χ1n) is 6.30. The molecule has 1 aromatic carbocycles. The molecule has 0 saturated carbocycles. The molecule has 0 aromatic heterocycles. The van der Waals surface area contributed by atoms with Gasteiger partial charge in [0.05, 0.1) is 6.54 Å². The molecule has 0 saturated heterocycles. The Labute approximate surface area is 110 Å². The molecule has 0 aliphatic heterocycles. The van der Waals surface area contributed by atoms with E-state index in [-0.39, 0.29) is 18.6 Å². The third-order valence-corrected chi connectivity index (χ3v) is 2.55. The second-order valence-corrected chi connectivity index (χ2v) is 5.60. The molecule has 1 N–H and O–H groups in total. The van der Waals surface area contributed by atoms with Crippen LogP contribution in [0.4, 0.5) is 0 Å². The summed E-state index contributed by atoms with van der Waals surface area (Å²) < 4.78 is 5.24. The molecule has 0 amide bonds. The number of aryl methyl sites for hydroxylation is 1. The molecule has 0 unspecified atom stereocenters. The zero-order valence-corrected chi connectivity index (χ0v) is 11.9. The first-order valence-corrected chi connectivity index (χ1v) is 6.30. The fraction of sp³-hybridized carbons (Fsp3) is 0.533. The number of hydrogen-bond donors (Lipinski definition) is 1. The van der Waals surface area contributed by atoms with Crippen LogP contribution in [0.15, 0.2) is 24.3 Å². The molecule has 0 fully saturated rings. The summed E-state index contributed by atoms with van der Waals surface area (Å²) in [7, 11) is 0. The molecule has 1 aromatic rings. The van der Waals surface area contributed by atoms with Crippen molar-refractivity contribution in [3.05, 3.63) is 35.4 Å². The third kappa shape index (κ3) is 5.32. The van der Waals surface area contributed by atoms with Crippen LogP contribution in [0, 0.1) is 6.92 Å². The van der Waals surface area contributed by atoms with Gasteiger partial charge in [0.15, 0.2) is 0 Å². The summed E-state index contributed by atoms with van der Waals surface area (Å²) in [5, 5.41) is 3.17. The van der Waals surface area contributed by atoms with Gasteiger partial charge in [-0.05, 0) is 40.2 Å². The maximum Gasteiger partial charge on any atom is 0.320 e. The summed E-state index contributed by atoms with van der Waals surface area (Å²) in [5.74, 6) is -0.221. The lowest BCUT2D eigenvalue weighted by Gasteiger charge is -2.21. The number of ether oxygens (including phenoxy) is 1. The van der Waals surface area contributed by atoms with Crippen molar-refractivity contribution in [2.75, 3.05) is 6.54 Å². The van der Waals surface area contributed by atoms with Crippen molar-refractivity contribution in [1.29, 1.82) is 0 Å². The molecule has 0 radical (unpaired) electrons. The van der Waals surface area contributed by atoms with Crippen molar-refractivity contribution in [2.45, 2.75) is 46.3 Å². The molecule has 0 aliphatic carbocycles. The van der Waals surface area contributed by atoms with Gasteiger partial charge >= 0.3 is 5.97 Å². The molecule has 1 atom stereocenters. The Morgan fingerprint density at radius 1 is 1.28 bits per heavy atom. The Morgan fingerprint density at radius 2 is 1.83 bits per heavy atom. The highest BCUT2D eigenvalue weighted by Gasteiger charge is 2.16. The van der Waals surface area contributed by atoms with Gasteiger partial charge in [0.2, 0.25) is 0 Å². The summed E-state index contributed by atoms with van der Waals surface area (Å²) in [5.41, 5.74) is 1.98. The van der Waals surface area contributed by atoms with Crippen LogP contribution in [0.25, 0.3) is 0 Å². The van der Waals surface area contributed by atoms with E-state index in [4.69, 9.17) is 4.74 Å². The van der Waals surface area contributed by atoms with E-state index in [1.165, 1.54) is 11.1 Å². The number of rotatable bonds is 4. The van der Waals surface area contributed by atoms with E-state index in [0.717, 1.165) is 0 Å². The zero-order chi connectivity index (χ0) is 13.8. The zero-order valence-electron chi connectivity index (χ0n) is 11.9. The summed E-state index contributed by atoms with van der Waals surface area (Å²) in [6.45, 7) is 9.93. The topological polar surface area (TPSA) is 38.3 Å². The van der Waals surface area contributed by atoms with Crippen molar-refractivity contribution in [3.63, 3.8) is 0 Å². The molecule has 0 bridgehead atoms. The van der Waals surface area contributed by atoms with E-state index < -0.39 is 5.60 Å². The van der Waals surface area contributed by atoms with Crippen LogP contribution in [0.1, 0.15) is 44.9 Å². The van der Waals surface area contributed by atoms with Crippen molar-refractivity contribution in [3.8, 4) is 0 Å². The molecule has 1 rings (SSSR count). The molecule has 0 heterocycles. The minimum Gasteiger partial charge on any atom is -0.459 e. The summed E-state index contributed by atoms with van der Waals surface area (Å²) >= 11 is 0. The largest absolute Gasteiger partial charge is 0.459 e. The van der Waals surface area contributed by atoms with Crippen LogP contribution in [-0.2, 0) is 9.53 Å². The molecule has 0 aliphatic rings. The Hall–Kier alpha value is -1.35. The fourth-order valence-corrected chi connectivity index (χ4v) is 1.59. The van der Waals surface area contributed by atoms with Gasteiger partial charge in [-0.2, -0.15) is 0 Å². The molecular formula is C15H23NO2. The van der Waals surface area contributed by atoms with Gasteiger partial charge in [-0.1, -0.05) is 29.8 Å². The van der Waals surface area contributed by atoms with Crippen LogP contribution in [0.2, 0.25) is 0 Å². The second kappa shape index (κ2) is 6.01. The normalized spacial score (nSPS) is 13.2. The number of carbonyl (C=O) groups is 1. The highest BCUT2D eigenvalue weighted by molar-refractivity contribution is 5.72. The average Bonchev–Trinajstić information content (AvgIpc) is 2.24. The van der Waals surface area contributed by atoms with Gasteiger partial charge in [-0.15, -0.1) is 0 Å². The van der Waals surface area contributed by atoms with E-state index in [0.29, 0.717) is 0 Å². The van der Waals surface area contributed by atoms with Gasteiger partial charge in [0, 0.05) is 6.04 Å². The minimum absolute atomic E-state index is 0.137. The molecule has 100 valence electrons. The van der Waals surface area contributed by atoms with E-state index in [9.17, 15) is 4.79 Å². The number of benzene rings is 1. The summed E-state index contributed by atoms with van der Waals surface area (Å²) in [4.78, 5) is 11.6. The van der Waals surface area contributed by atoms with E-state index in [1.54, 1.807) is 0 Å². The second-order valence-electron chi connectivity index (χ2n) is 5.60. The predicted molar refractivity (Wildman–Crippen MR) is 73.4 cm³/mol.